The second-order valence-corrected chi connectivity index (χ2v) is 3.56. The Labute approximate surface area is 92.3 Å². The summed E-state index contributed by atoms with van der Waals surface area (Å²) in [5, 5.41) is -0.171. The van der Waals surface area contributed by atoms with Gasteiger partial charge in [-0.25, -0.2) is 13.2 Å². The van der Waals surface area contributed by atoms with E-state index >= 15 is 0 Å². The van der Waals surface area contributed by atoms with Gasteiger partial charge in [0.15, 0.2) is 17.2 Å². The van der Waals surface area contributed by atoms with E-state index in [1.165, 1.54) is 12.1 Å². The lowest BCUT2D eigenvalue weighted by Gasteiger charge is -1.98. The van der Waals surface area contributed by atoms with Gasteiger partial charge in [0.2, 0.25) is 11.6 Å². The van der Waals surface area contributed by atoms with E-state index in [0.29, 0.717) is 0 Å². The lowest BCUT2D eigenvalue weighted by molar-refractivity contribution is 0.411. The molecule has 0 aliphatic rings. The average molecular weight is 240 g/mol. The summed E-state index contributed by atoms with van der Waals surface area (Å²) in [5.41, 5.74) is -0.437. The molecule has 1 heterocycles. The van der Waals surface area contributed by atoms with E-state index in [9.17, 15) is 17.6 Å². The van der Waals surface area contributed by atoms with Crippen LogP contribution >= 0.6 is 0 Å². The highest BCUT2D eigenvalue weighted by Crippen LogP contribution is 2.34. The molecule has 86 valence electrons. The van der Waals surface area contributed by atoms with Crippen LogP contribution in [-0.4, -0.2) is 0 Å². The fraction of sp³-hybridized carbons (Fsp3) is 0. The molecule has 3 aromatic rings. The van der Waals surface area contributed by atoms with Crippen molar-refractivity contribution in [1.82, 2.24) is 0 Å². The molecule has 17 heavy (non-hydrogen) atoms. The van der Waals surface area contributed by atoms with Gasteiger partial charge in [-0.15, -0.1) is 0 Å². The van der Waals surface area contributed by atoms with Crippen LogP contribution in [0.2, 0.25) is 0 Å². The Balaban J connectivity index is 2.67. The molecule has 0 bridgehead atoms. The third-order valence-electron chi connectivity index (χ3n) is 2.59. The van der Waals surface area contributed by atoms with Crippen molar-refractivity contribution in [3.8, 4) is 0 Å². The minimum Gasteiger partial charge on any atom is -0.453 e. The van der Waals surface area contributed by atoms with E-state index in [4.69, 9.17) is 4.42 Å². The van der Waals surface area contributed by atoms with E-state index < -0.39 is 28.9 Å². The zero-order valence-corrected chi connectivity index (χ0v) is 8.23. The maximum atomic E-state index is 13.6. The summed E-state index contributed by atoms with van der Waals surface area (Å²) >= 11 is 0. The fourth-order valence-corrected chi connectivity index (χ4v) is 1.82. The number of para-hydroxylation sites is 1. The smallest absolute Gasteiger partial charge is 0.205 e. The number of halogens is 4. The van der Waals surface area contributed by atoms with Crippen LogP contribution in [0.25, 0.3) is 21.9 Å². The van der Waals surface area contributed by atoms with Gasteiger partial charge < -0.3 is 4.42 Å². The predicted octanol–water partition coefficient (Wildman–Crippen LogP) is 4.14. The highest BCUT2D eigenvalue weighted by Gasteiger charge is 2.24. The van der Waals surface area contributed by atoms with Gasteiger partial charge >= 0.3 is 0 Å². The molecule has 0 atom stereocenters. The molecule has 0 saturated heterocycles. The first-order chi connectivity index (χ1) is 8.11. The van der Waals surface area contributed by atoms with Gasteiger partial charge in [0.25, 0.3) is 0 Å². The third-order valence-corrected chi connectivity index (χ3v) is 2.59. The molecule has 0 saturated carbocycles. The van der Waals surface area contributed by atoms with Gasteiger partial charge in [-0.1, -0.05) is 18.2 Å². The molecule has 1 nitrogen and oxygen atoms in total. The monoisotopic (exact) mass is 240 g/mol. The molecule has 0 amide bonds. The van der Waals surface area contributed by atoms with Crippen LogP contribution in [-0.2, 0) is 0 Å². The second-order valence-electron chi connectivity index (χ2n) is 3.56. The number of furan rings is 1. The summed E-state index contributed by atoms with van der Waals surface area (Å²) in [7, 11) is 0. The minimum absolute atomic E-state index is 0.172. The van der Waals surface area contributed by atoms with Crippen molar-refractivity contribution < 1.29 is 22.0 Å². The zero-order valence-electron chi connectivity index (χ0n) is 8.23. The van der Waals surface area contributed by atoms with E-state index in [1.54, 1.807) is 12.1 Å². The molecule has 2 aromatic carbocycles. The Bertz CT molecular complexity index is 745. The number of hydrogen-bond acceptors (Lipinski definition) is 1. The molecular weight excluding hydrogens is 236 g/mol. The molecule has 0 unspecified atom stereocenters. The molecule has 0 radical (unpaired) electrons. The molecule has 0 aliphatic heterocycles. The number of fused-ring (bicyclic) bond motifs is 3. The number of hydrogen-bond donors (Lipinski definition) is 0. The Morgan fingerprint density at radius 2 is 1.41 bits per heavy atom. The molecule has 0 N–H and O–H groups in total. The summed E-state index contributed by atoms with van der Waals surface area (Å²) in [5.74, 6) is -6.66. The molecule has 1 aromatic heterocycles. The Kier molecular flexibility index (Phi) is 1.92. The van der Waals surface area contributed by atoms with E-state index in [0.717, 1.165) is 0 Å². The summed E-state index contributed by atoms with van der Waals surface area (Å²) in [6.45, 7) is 0. The van der Waals surface area contributed by atoms with Gasteiger partial charge in [-0.3, -0.25) is 0 Å². The van der Waals surface area contributed by atoms with Crippen molar-refractivity contribution in [1.29, 1.82) is 0 Å². The van der Waals surface area contributed by atoms with Gasteiger partial charge in [0, 0.05) is 5.39 Å². The van der Waals surface area contributed by atoms with Crippen LogP contribution < -0.4 is 0 Å². The molecule has 0 aliphatic carbocycles. The third kappa shape index (κ3) is 1.19. The van der Waals surface area contributed by atoms with Crippen LogP contribution in [0.3, 0.4) is 0 Å². The SMILES string of the molecule is Fc1c(F)c(F)c2c(oc3ccccc32)c1F. The first-order valence-electron chi connectivity index (χ1n) is 4.74. The molecule has 5 heteroatoms. The highest BCUT2D eigenvalue weighted by atomic mass is 19.2. The Morgan fingerprint density at radius 1 is 0.765 bits per heavy atom. The Morgan fingerprint density at radius 3 is 2.18 bits per heavy atom. The van der Waals surface area contributed by atoms with Crippen molar-refractivity contribution >= 4 is 21.9 Å². The maximum Gasteiger partial charge on any atom is 0.205 e. The normalized spacial score (nSPS) is 11.5. The highest BCUT2D eigenvalue weighted by molar-refractivity contribution is 6.05. The lowest BCUT2D eigenvalue weighted by Crippen LogP contribution is -1.95. The van der Waals surface area contributed by atoms with Crippen LogP contribution in [0, 0.1) is 23.3 Å². The quantitative estimate of drug-likeness (QED) is 0.327. The second kappa shape index (κ2) is 3.23. The van der Waals surface area contributed by atoms with Gasteiger partial charge in [-0.2, -0.15) is 4.39 Å². The topological polar surface area (TPSA) is 13.1 Å². The van der Waals surface area contributed by atoms with Crippen molar-refractivity contribution in [3.05, 3.63) is 47.5 Å². The van der Waals surface area contributed by atoms with Crippen molar-refractivity contribution in [3.63, 3.8) is 0 Å². The van der Waals surface area contributed by atoms with Gasteiger partial charge in [-0.05, 0) is 6.07 Å². The number of benzene rings is 2. The van der Waals surface area contributed by atoms with Crippen molar-refractivity contribution in [2.45, 2.75) is 0 Å². The van der Waals surface area contributed by atoms with Crippen molar-refractivity contribution in [2.75, 3.05) is 0 Å². The first-order valence-corrected chi connectivity index (χ1v) is 4.74. The van der Waals surface area contributed by atoms with Crippen LogP contribution in [0.1, 0.15) is 0 Å². The van der Waals surface area contributed by atoms with Crippen LogP contribution in [0.4, 0.5) is 17.6 Å². The van der Waals surface area contributed by atoms with Crippen LogP contribution in [0.15, 0.2) is 28.7 Å². The summed E-state index contributed by atoms with van der Waals surface area (Å²) < 4.78 is 58.0. The Hall–Kier alpha value is -2.04. The molecule has 0 fully saturated rings. The predicted molar refractivity (Wildman–Crippen MR) is 53.6 cm³/mol. The summed E-state index contributed by atoms with van der Waals surface area (Å²) in [4.78, 5) is 0. The van der Waals surface area contributed by atoms with Gasteiger partial charge in [0.05, 0.1) is 5.39 Å². The standard InChI is InChI=1S/C12H4F4O/c13-8-7-5-3-1-2-4-6(5)17-12(7)11(16)10(15)9(8)14/h1-4H. The molecule has 3 rings (SSSR count). The zero-order chi connectivity index (χ0) is 12.2. The van der Waals surface area contributed by atoms with E-state index in [1.807, 2.05) is 0 Å². The largest absolute Gasteiger partial charge is 0.453 e. The average Bonchev–Trinajstić information content (AvgIpc) is 2.73. The minimum atomic E-state index is -1.87. The maximum absolute atomic E-state index is 13.6. The van der Waals surface area contributed by atoms with E-state index in [-0.39, 0.29) is 16.4 Å². The molecular formula is C12H4F4O. The lowest BCUT2D eigenvalue weighted by atomic mass is 10.1. The molecule has 0 spiro atoms. The fourth-order valence-electron chi connectivity index (χ4n) is 1.82. The first kappa shape index (κ1) is 10.1. The summed E-state index contributed by atoms with van der Waals surface area (Å²) in [6.07, 6.45) is 0. The van der Waals surface area contributed by atoms with E-state index in [2.05, 4.69) is 0 Å². The number of rotatable bonds is 0. The summed E-state index contributed by atoms with van der Waals surface area (Å²) in [6, 6.07) is 6.06. The van der Waals surface area contributed by atoms with Gasteiger partial charge in [0.1, 0.15) is 5.58 Å². The van der Waals surface area contributed by atoms with Crippen LogP contribution in [0.5, 0.6) is 0 Å². The van der Waals surface area contributed by atoms with Crippen molar-refractivity contribution in [2.24, 2.45) is 0 Å².